The zero-order chi connectivity index (χ0) is 14.5. The molecule has 0 fully saturated rings. The summed E-state index contributed by atoms with van der Waals surface area (Å²) >= 11 is 5.72. The number of pyridine rings is 1. The topological polar surface area (TPSA) is 85.1 Å². The molecule has 0 aliphatic rings. The Labute approximate surface area is 120 Å². The molecule has 0 atom stereocenters. The van der Waals surface area contributed by atoms with E-state index in [1.54, 1.807) is 36.5 Å². The van der Waals surface area contributed by atoms with Crippen molar-refractivity contribution in [2.24, 2.45) is 5.73 Å². The molecule has 0 aliphatic carbocycles. The normalized spacial score (nSPS) is 10.1. The van der Waals surface area contributed by atoms with E-state index in [-0.39, 0.29) is 11.5 Å². The highest BCUT2D eigenvalue weighted by Crippen LogP contribution is 2.11. The number of nitrogens with two attached hydrogens (primary N) is 1. The molecule has 0 unspecified atom stereocenters. The quantitative estimate of drug-likeness (QED) is 0.846. The summed E-state index contributed by atoms with van der Waals surface area (Å²) in [4.78, 5) is 27.2. The van der Waals surface area contributed by atoms with Crippen LogP contribution in [0.5, 0.6) is 0 Å². The molecular formula is C14H12ClN3O2. The van der Waals surface area contributed by atoms with Crippen LogP contribution in [0.1, 0.15) is 26.3 Å². The number of nitrogens with zero attached hydrogens (tertiary/aromatic N) is 1. The number of amides is 2. The predicted octanol–water partition coefficient (Wildman–Crippen LogP) is 2.17. The minimum absolute atomic E-state index is 0.278. The molecule has 1 aromatic heterocycles. The molecule has 0 saturated heterocycles. The van der Waals surface area contributed by atoms with E-state index < -0.39 is 5.91 Å². The molecule has 6 heteroatoms. The number of hydrogen-bond donors (Lipinski definition) is 2. The van der Waals surface area contributed by atoms with E-state index in [9.17, 15) is 9.59 Å². The third kappa shape index (κ3) is 3.33. The van der Waals surface area contributed by atoms with Gasteiger partial charge in [-0.3, -0.25) is 9.59 Å². The van der Waals surface area contributed by atoms with Crippen LogP contribution in [0.3, 0.4) is 0 Å². The minimum atomic E-state index is -0.582. The Bertz CT molecular complexity index is 658. The van der Waals surface area contributed by atoms with Crippen LogP contribution < -0.4 is 11.1 Å². The van der Waals surface area contributed by atoms with Gasteiger partial charge in [0.25, 0.3) is 5.91 Å². The number of rotatable bonds is 4. The number of alkyl halides is 1. The van der Waals surface area contributed by atoms with Crippen LogP contribution >= 0.6 is 11.6 Å². The maximum atomic E-state index is 12.1. The lowest BCUT2D eigenvalue weighted by Crippen LogP contribution is -2.16. The van der Waals surface area contributed by atoms with E-state index in [0.29, 0.717) is 17.3 Å². The Hall–Kier alpha value is -2.40. The smallest absolute Gasteiger partial charge is 0.256 e. The summed E-state index contributed by atoms with van der Waals surface area (Å²) in [7, 11) is 0. The second-order valence-electron chi connectivity index (χ2n) is 4.08. The molecule has 2 aromatic rings. The predicted molar refractivity (Wildman–Crippen MR) is 76.7 cm³/mol. The average molecular weight is 290 g/mol. The Morgan fingerprint density at radius 1 is 1.20 bits per heavy atom. The lowest BCUT2D eigenvalue weighted by atomic mass is 10.1. The van der Waals surface area contributed by atoms with Crippen LogP contribution in [0, 0.1) is 0 Å². The fourth-order valence-electron chi connectivity index (χ4n) is 1.63. The van der Waals surface area contributed by atoms with E-state index in [0.717, 1.165) is 5.56 Å². The third-order valence-electron chi connectivity index (χ3n) is 2.63. The van der Waals surface area contributed by atoms with Crippen molar-refractivity contribution < 1.29 is 9.59 Å². The SMILES string of the molecule is NC(=O)c1cccc(C(=O)Nc2cc(CCl)ccn2)c1. The molecule has 1 heterocycles. The highest BCUT2D eigenvalue weighted by molar-refractivity contribution is 6.17. The number of carbonyl (C=O) groups excluding carboxylic acids is 2. The summed E-state index contributed by atoms with van der Waals surface area (Å²) in [6, 6.07) is 9.61. The number of anilines is 1. The second kappa shape index (κ2) is 6.16. The molecular weight excluding hydrogens is 278 g/mol. The Balaban J connectivity index is 2.19. The molecule has 2 amide bonds. The van der Waals surface area contributed by atoms with Gasteiger partial charge in [-0.15, -0.1) is 11.6 Å². The van der Waals surface area contributed by atoms with Crippen LogP contribution in [-0.4, -0.2) is 16.8 Å². The maximum absolute atomic E-state index is 12.1. The molecule has 102 valence electrons. The molecule has 0 bridgehead atoms. The Kier molecular flexibility index (Phi) is 4.32. The van der Waals surface area contributed by atoms with Crippen LogP contribution in [0.15, 0.2) is 42.6 Å². The first-order valence-corrected chi connectivity index (χ1v) is 6.35. The standard InChI is InChI=1S/C14H12ClN3O2/c15-8-9-4-5-17-12(6-9)18-14(20)11-3-1-2-10(7-11)13(16)19/h1-7H,8H2,(H2,16,19)(H,17,18,20). The Morgan fingerprint density at radius 2 is 1.95 bits per heavy atom. The zero-order valence-corrected chi connectivity index (χ0v) is 11.2. The van der Waals surface area contributed by atoms with Gasteiger partial charge in [0.05, 0.1) is 0 Å². The van der Waals surface area contributed by atoms with Crippen molar-refractivity contribution in [1.82, 2.24) is 4.98 Å². The van der Waals surface area contributed by atoms with E-state index >= 15 is 0 Å². The lowest BCUT2D eigenvalue weighted by molar-refractivity contribution is 0.1000. The van der Waals surface area contributed by atoms with Gasteiger partial charge in [-0.25, -0.2) is 4.98 Å². The molecule has 0 spiro atoms. The van der Waals surface area contributed by atoms with Gasteiger partial charge in [-0.1, -0.05) is 6.07 Å². The summed E-state index contributed by atoms with van der Waals surface area (Å²) < 4.78 is 0. The molecule has 0 saturated carbocycles. The lowest BCUT2D eigenvalue weighted by Gasteiger charge is -2.06. The fraction of sp³-hybridized carbons (Fsp3) is 0.0714. The zero-order valence-electron chi connectivity index (χ0n) is 10.5. The van der Waals surface area contributed by atoms with Crippen LogP contribution in [-0.2, 0) is 5.88 Å². The van der Waals surface area contributed by atoms with Crippen molar-refractivity contribution in [2.45, 2.75) is 5.88 Å². The molecule has 0 aliphatic heterocycles. The van der Waals surface area contributed by atoms with Crippen LogP contribution in [0.25, 0.3) is 0 Å². The summed E-state index contributed by atoms with van der Waals surface area (Å²) in [5, 5.41) is 2.64. The molecule has 0 radical (unpaired) electrons. The second-order valence-corrected chi connectivity index (χ2v) is 4.35. The van der Waals surface area contributed by atoms with Crippen molar-refractivity contribution in [3.63, 3.8) is 0 Å². The maximum Gasteiger partial charge on any atom is 0.256 e. The van der Waals surface area contributed by atoms with Crippen molar-refractivity contribution in [3.05, 3.63) is 59.3 Å². The van der Waals surface area contributed by atoms with Crippen LogP contribution in [0.4, 0.5) is 5.82 Å². The molecule has 2 rings (SSSR count). The monoisotopic (exact) mass is 289 g/mol. The first kappa shape index (κ1) is 14.0. The van der Waals surface area contributed by atoms with Gasteiger partial charge >= 0.3 is 0 Å². The van der Waals surface area contributed by atoms with Gasteiger partial charge in [0.2, 0.25) is 5.91 Å². The van der Waals surface area contributed by atoms with Gasteiger partial charge in [-0.05, 0) is 35.9 Å². The number of primary amides is 1. The van der Waals surface area contributed by atoms with Crippen molar-refractivity contribution >= 4 is 29.2 Å². The van der Waals surface area contributed by atoms with Crippen molar-refractivity contribution in [1.29, 1.82) is 0 Å². The fourth-order valence-corrected chi connectivity index (χ4v) is 1.79. The number of aromatic nitrogens is 1. The van der Waals surface area contributed by atoms with E-state index in [2.05, 4.69) is 10.3 Å². The molecule has 5 nitrogen and oxygen atoms in total. The van der Waals surface area contributed by atoms with Gasteiger partial charge in [0, 0.05) is 23.2 Å². The largest absolute Gasteiger partial charge is 0.366 e. The van der Waals surface area contributed by atoms with Crippen LogP contribution in [0.2, 0.25) is 0 Å². The van der Waals surface area contributed by atoms with Gasteiger partial charge < -0.3 is 11.1 Å². The van der Waals surface area contributed by atoms with E-state index in [4.69, 9.17) is 17.3 Å². The van der Waals surface area contributed by atoms with Gasteiger partial charge in [-0.2, -0.15) is 0 Å². The summed E-state index contributed by atoms with van der Waals surface area (Å²) in [5.74, 6) is -0.213. The minimum Gasteiger partial charge on any atom is -0.366 e. The number of benzene rings is 1. The Morgan fingerprint density at radius 3 is 2.65 bits per heavy atom. The van der Waals surface area contributed by atoms with E-state index in [1.165, 1.54) is 6.07 Å². The van der Waals surface area contributed by atoms with Gasteiger partial charge in [0.15, 0.2) is 0 Å². The number of halogens is 1. The average Bonchev–Trinajstić information content (AvgIpc) is 2.47. The first-order chi connectivity index (χ1) is 9.60. The number of carbonyl (C=O) groups is 2. The molecule has 1 aromatic carbocycles. The van der Waals surface area contributed by atoms with Crippen molar-refractivity contribution in [3.8, 4) is 0 Å². The molecule has 20 heavy (non-hydrogen) atoms. The van der Waals surface area contributed by atoms with E-state index in [1.807, 2.05) is 0 Å². The highest BCUT2D eigenvalue weighted by Gasteiger charge is 2.09. The number of nitrogens with one attached hydrogen (secondary N) is 1. The van der Waals surface area contributed by atoms with Crippen molar-refractivity contribution in [2.75, 3.05) is 5.32 Å². The summed E-state index contributed by atoms with van der Waals surface area (Å²) in [5.41, 5.74) is 6.64. The van der Waals surface area contributed by atoms with Gasteiger partial charge in [0.1, 0.15) is 5.82 Å². The molecule has 3 N–H and O–H groups in total. The number of hydrogen-bond acceptors (Lipinski definition) is 3. The summed E-state index contributed by atoms with van der Waals surface area (Å²) in [6.45, 7) is 0. The third-order valence-corrected chi connectivity index (χ3v) is 2.94. The summed E-state index contributed by atoms with van der Waals surface area (Å²) in [6.07, 6.45) is 1.56. The highest BCUT2D eigenvalue weighted by atomic mass is 35.5. The first-order valence-electron chi connectivity index (χ1n) is 5.82.